The summed E-state index contributed by atoms with van der Waals surface area (Å²) in [6, 6.07) is 13.3. The van der Waals surface area contributed by atoms with Gasteiger partial charge in [0, 0.05) is 17.9 Å². The molecule has 0 spiro atoms. The van der Waals surface area contributed by atoms with Gasteiger partial charge in [-0.2, -0.15) is 11.8 Å². The highest BCUT2D eigenvalue weighted by atomic mass is 32.2. The fourth-order valence-electron chi connectivity index (χ4n) is 3.08. The molecular weight excluding hydrogens is 446 g/mol. The first-order chi connectivity index (χ1) is 15.7. The molecule has 2 rings (SSSR count). The number of carboxylic acids is 2. The van der Waals surface area contributed by atoms with Crippen molar-refractivity contribution in [2.24, 2.45) is 11.5 Å². The van der Waals surface area contributed by atoms with Crippen molar-refractivity contribution in [2.45, 2.75) is 36.7 Å². The standard InChI is InChI=1S/C23H27N3O6S/c24-17(22(29)30)11-12-19(27)26(20(23(31)32)16-9-5-2-6-10-16)21(28)18(25)14-33-13-15-7-3-1-4-8-15/h1-10,17-18,20H,11-14,24-25H2,(H,29,30)(H,31,32)/t17-,18-,20+/m0/s1. The molecule has 0 heterocycles. The van der Waals surface area contributed by atoms with Crippen LogP contribution in [0.25, 0.3) is 0 Å². The third-order valence-electron chi connectivity index (χ3n) is 4.83. The highest BCUT2D eigenvalue weighted by Crippen LogP contribution is 2.24. The molecule has 0 bridgehead atoms. The van der Waals surface area contributed by atoms with Gasteiger partial charge in [0.1, 0.15) is 6.04 Å². The summed E-state index contributed by atoms with van der Waals surface area (Å²) in [6.45, 7) is 0. The molecule has 9 nitrogen and oxygen atoms in total. The van der Waals surface area contributed by atoms with Crippen molar-refractivity contribution in [1.82, 2.24) is 4.90 Å². The van der Waals surface area contributed by atoms with Crippen LogP contribution in [-0.2, 0) is 24.9 Å². The highest BCUT2D eigenvalue weighted by molar-refractivity contribution is 7.98. The van der Waals surface area contributed by atoms with Gasteiger partial charge in [-0.3, -0.25) is 19.3 Å². The molecule has 0 aliphatic heterocycles. The van der Waals surface area contributed by atoms with Gasteiger partial charge in [0.15, 0.2) is 6.04 Å². The first-order valence-corrected chi connectivity index (χ1v) is 11.4. The van der Waals surface area contributed by atoms with Crippen molar-refractivity contribution in [3.05, 3.63) is 71.8 Å². The molecule has 33 heavy (non-hydrogen) atoms. The van der Waals surface area contributed by atoms with Crippen molar-refractivity contribution in [2.75, 3.05) is 5.75 Å². The van der Waals surface area contributed by atoms with Crippen molar-refractivity contribution < 1.29 is 29.4 Å². The largest absolute Gasteiger partial charge is 0.480 e. The van der Waals surface area contributed by atoms with E-state index in [0.717, 1.165) is 5.56 Å². The van der Waals surface area contributed by atoms with Crippen LogP contribution in [0.1, 0.15) is 30.0 Å². The number of carboxylic acid groups (broad SMARTS) is 2. The smallest absolute Gasteiger partial charge is 0.331 e. The Bertz CT molecular complexity index is 957. The fourth-order valence-corrected chi connectivity index (χ4v) is 4.02. The van der Waals surface area contributed by atoms with E-state index in [-0.39, 0.29) is 17.7 Å². The molecular formula is C23H27N3O6S. The van der Waals surface area contributed by atoms with Crippen LogP contribution in [-0.4, -0.2) is 56.7 Å². The van der Waals surface area contributed by atoms with Crippen LogP contribution in [0.4, 0.5) is 0 Å². The molecule has 6 N–H and O–H groups in total. The Morgan fingerprint density at radius 1 is 0.848 bits per heavy atom. The minimum Gasteiger partial charge on any atom is -0.480 e. The zero-order valence-electron chi connectivity index (χ0n) is 17.9. The molecule has 2 aromatic carbocycles. The molecule has 176 valence electrons. The molecule has 0 fully saturated rings. The zero-order valence-corrected chi connectivity index (χ0v) is 18.7. The maximum atomic E-state index is 13.2. The highest BCUT2D eigenvalue weighted by Gasteiger charge is 2.38. The van der Waals surface area contributed by atoms with Gasteiger partial charge in [0.2, 0.25) is 11.8 Å². The van der Waals surface area contributed by atoms with Crippen LogP contribution in [0, 0.1) is 0 Å². The van der Waals surface area contributed by atoms with E-state index in [9.17, 15) is 24.3 Å². The number of nitrogens with zero attached hydrogens (tertiary/aromatic N) is 1. The third-order valence-corrected chi connectivity index (χ3v) is 5.96. The summed E-state index contributed by atoms with van der Waals surface area (Å²) >= 11 is 1.38. The Morgan fingerprint density at radius 2 is 1.42 bits per heavy atom. The molecule has 0 aliphatic carbocycles. The lowest BCUT2D eigenvalue weighted by atomic mass is 10.0. The predicted molar refractivity (Wildman–Crippen MR) is 124 cm³/mol. The maximum Gasteiger partial charge on any atom is 0.331 e. The molecule has 10 heteroatoms. The maximum absolute atomic E-state index is 13.2. The summed E-state index contributed by atoms with van der Waals surface area (Å²) in [5, 5.41) is 18.8. The number of rotatable bonds is 12. The molecule has 0 saturated carbocycles. The fraction of sp³-hybridized carbons (Fsp3) is 0.304. The van der Waals surface area contributed by atoms with E-state index < -0.39 is 48.3 Å². The summed E-state index contributed by atoms with van der Waals surface area (Å²) in [4.78, 5) is 49.9. The van der Waals surface area contributed by atoms with Crippen molar-refractivity contribution in [1.29, 1.82) is 0 Å². The van der Waals surface area contributed by atoms with Crippen LogP contribution in [0.15, 0.2) is 60.7 Å². The van der Waals surface area contributed by atoms with Gasteiger partial charge in [0.05, 0.1) is 6.04 Å². The second kappa shape index (κ2) is 12.7. The lowest BCUT2D eigenvalue weighted by Crippen LogP contribution is -2.51. The number of amides is 2. The number of imide groups is 1. The van der Waals surface area contributed by atoms with Gasteiger partial charge >= 0.3 is 11.9 Å². The number of thioether (sulfide) groups is 1. The molecule has 2 aromatic rings. The summed E-state index contributed by atoms with van der Waals surface area (Å²) in [5.74, 6) is -3.66. The van der Waals surface area contributed by atoms with E-state index in [4.69, 9.17) is 16.6 Å². The van der Waals surface area contributed by atoms with E-state index in [1.54, 1.807) is 18.2 Å². The van der Waals surface area contributed by atoms with E-state index in [1.165, 1.54) is 23.9 Å². The number of carbonyl (C=O) groups is 4. The molecule has 0 unspecified atom stereocenters. The quantitative estimate of drug-likeness (QED) is 0.358. The Morgan fingerprint density at radius 3 is 1.97 bits per heavy atom. The van der Waals surface area contributed by atoms with Crippen LogP contribution in [0.5, 0.6) is 0 Å². The van der Waals surface area contributed by atoms with Crippen LogP contribution >= 0.6 is 11.8 Å². The van der Waals surface area contributed by atoms with Crippen LogP contribution < -0.4 is 11.5 Å². The molecule has 0 radical (unpaired) electrons. The van der Waals surface area contributed by atoms with Crippen molar-refractivity contribution in [3.63, 3.8) is 0 Å². The SMILES string of the molecule is N[C@@H](CCC(=O)N(C(=O)[C@@H](N)CSCc1ccccc1)[C@@H](C(=O)O)c1ccccc1)C(=O)O. The number of carbonyl (C=O) groups excluding carboxylic acids is 2. The van der Waals surface area contributed by atoms with Crippen molar-refractivity contribution in [3.8, 4) is 0 Å². The Kier molecular flexibility index (Phi) is 10.0. The molecule has 3 atom stereocenters. The van der Waals surface area contributed by atoms with Gasteiger partial charge in [-0.1, -0.05) is 60.7 Å². The molecule has 0 saturated heterocycles. The Hall–Kier alpha value is -3.21. The average Bonchev–Trinajstić information content (AvgIpc) is 2.81. The van der Waals surface area contributed by atoms with Crippen LogP contribution in [0.2, 0.25) is 0 Å². The molecule has 2 amide bonds. The third kappa shape index (κ3) is 7.70. The predicted octanol–water partition coefficient (Wildman–Crippen LogP) is 1.62. The van der Waals surface area contributed by atoms with Gasteiger partial charge in [0.25, 0.3) is 0 Å². The number of nitrogens with two attached hydrogens (primary N) is 2. The summed E-state index contributed by atoms with van der Waals surface area (Å²) < 4.78 is 0. The van der Waals surface area contributed by atoms with Crippen molar-refractivity contribution >= 4 is 35.5 Å². The number of aliphatic carboxylic acids is 2. The molecule has 0 aromatic heterocycles. The monoisotopic (exact) mass is 473 g/mol. The average molecular weight is 474 g/mol. The normalized spacial score (nSPS) is 13.5. The first-order valence-electron chi connectivity index (χ1n) is 10.2. The van der Waals surface area contributed by atoms with Gasteiger partial charge < -0.3 is 21.7 Å². The summed E-state index contributed by atoms with van der Waals surface area (Å²) in [7, 11) is 0. The zero-order chi connectivity index (χ0) is 24.4. The van der Waals surface area contributed by atoms with E-state index in [2.05, 4.69) is 0 Å². The topological polar surface area (TPSA) is 164 Å². The van der Waals surface area contributed by atoms with Gasteiger partial charge in [-0.25, -0.2) is 4.79 Å². The number of hydrogen-bond donors (Lipinski definition) is 4. The number of benzene rings is 2. The second-order valence-corrected chi connectivity index (χ2v) is 8.37. The molecule has 0 aliphatic rings. The number of hydrogen-bond acceptors (Lipinski definition) is 7. The van der Waals surface area contributed by atoms with E-state index in [1.807, 2.05) is 30.3 Å². The minimum absolute atomic E-state index is 0.160. The van der Waals surface area contributed by atoms with Gasteiger partial charge in [-0.15, -0.1) is 0 Å². The first kappa shape index (κ1) is 26.0. The minimum atomic E-state index is -1.60. The summed E-state index contributed by atoms with van der Waals surface area (Å²) in [6.07, 6.45) is -0.670. The summed E-state index contributed by atoms with van der Waals surface area (Å²) in [5.41, 5.74) is 12.8. The Labute approximate surface area is 195 Å². The Balaban J connectivity index is 2.22. The van der Waals surface area contributed by atoms with Gasteiger partial charge in [-0.05, 0) is 17.5 Å². The van der Waals surface area contributed by atoms with E-state index in [0.29, 0.717) is 10.7 Å². The second-order valence-electron chi connectivity index (χ2n) is 7.34. The van der Waals surface area contributed by atoms with Crippen LogP contribution in [0.3, 0.4) is 0 Å². The van der Waals surface area contributed by atoms with E-state index >= 15 is 0 Å². The lowest BCUT2D eigenvalue weighted by Gasteiger charge is -2.30. The lowest BCUT2D eigenvalue weighted by molar-refractivity contribution is -0.159.